The zero-order valence-corrected chi connectivity index (χ0v) is 14.3. The van der Waals surface area contributed by atoms with Gasteiger partial charge < -0.3 is 10.1 Å². The molecule has 122 valence electrons. The summed E-state index contributed by atoms with van der Waals surface area (Å²) >= 11 is 5.85. The molecule has 23 heavy (non-hydrogen) atoms. The van der Waals surface area contributed by atoms with Gasteiger partial charge in [0.2, 0.25) is 0 Å². The number of rotatable bonds is 7. The van der Waals surface area contributed by atoms with Crippen LogP contribution < -0.4 is 10.1 Å². The van der Waals surface area contributed by atoms with Gasteiger partial charge in [0, 0.05) is 11.6 Å². The van der Waals surface area contributed by atoms with Crippen molar-refractivity contribution in [1.29, 1.82) is 0 Å². The van der Waals surface area contributed by atoms with Gasteiger partial charge >= 0.3 is 0 Å². The third kappa shape index (κ3) is 5.29. The molecule has 0 aromatic heterocycles. The maximum atomic E-state index is 12.3. The van der Waals surface area contributed by atoms with Crippen molar-refractivity contribution in [2.75, 3.05) is 0 Å². The number of carbonyl (C=O) groups excluding carboxylic acids is 1. The average molecular weight is 332 g/mol. The molecule has 0 saturated heterocycles. The summed E-state index contributed by atoms with van der Waals surface area (Å²) in [4.78, 5) is 12.3. The predicted octanol–water partition coefficient (Wildman–Crippen LogP) is 4.38. The highest BCUT2D eigenvalue weighted by molar-refractivity contribution is 6.30. The normalized spacial score (nSPS) is 11.8. The summed E-state index contributed by atoms with van der Waals surface area (Å²) in [6.45, 7) is 4.51. The van der Waals surface area contributed by atoms with E-state index in [4.69, 9.17) is 16.3 Å². The summed E-state index contributed by atoms with van der Waals surface area (Å²) in [5.41, 5.74) is 2.25. The number of carbonyl (C=O) groups is 1. The lowest BCUT2D eigenvalue weighted by Crippen LogP contribution is -2.37. The van der Waals surface area contributed by atoms with Gasteiger partial charge in [0.05, 0.1) is 0 Å². The molecule has 2 rings (SSSR count). The smallest absolute Gasteiger partial charge is 0.261 e. The number of benzene rings is 2. The number of halogens is 1. The van der Waals surface area contributed by atoms with Gasteiger partial charge in [0.25, 0.3) is 5.91 Å². The molecule has 0 aliphatic carbocycles. The molecular weight excluding hydrogens is 310 g/mol. The van der Waals surface area contributed by atoms with Crippen LogP contribution in [0, 0.1) is 0 Å². The second-order valence-electron chi connectivity index (χ2n) is 5.36. The van der Waals surface area contributed by atoms with E-state index in [0.717, 1.165) is 17.7 Å². The topological polar surface area (TPSA) is 38.3 Å². The Morgan fingerprint density at radius 2 is 1.65 bits per heavy atom. The second kappa shape index (κ2) is 8.59. The van der Waals surface area contributed by atoms with Gasteiger partial charge in [-0.3, -0.25) is 4.79 Å². The fourth-order valence-electron chi connectivity index (χ4n) is 2.20. The number of nitrogens with one attached hydrogen (secondary N) is 1. The highest BCUT2D eigenvalue weighted by atomic mass is 35.5. The standard InChI is InChI=1S/C19H22ClNO2/c1-3-14-7-11-17(12-8-14)23-18(4-2)19(22)21-13-15-5-9-16(20)10-6-15/h5-12,18H,3-4,13H2,1-2H3,(H,21,22)/t18-/m1/s1. The number of hydrogen-bond acceptors (Lipinski definition) is 2. The van der Waals surface area contributed by atoms with E-state index < -0.39 is 6.10 Å². The molecule has 0 bridgehead atoms. The first-order chi connectivity index (χ1) is 11.1. The lowest BCUT2D eigenvalue weighted by atomic mass is 10.1. The van der Waals surface area contributed by atoms with Crippen molar-refractivity contribution in [2.24, 2.45) is 0 Å². The summed E-state index contributed by atoms with van der Waals surface area (Å²) in [5.74, 6) is 0.609. The van der Waals surface area contributed by atoms with Crippen molar-refractivity contribution in [3.05, 3.63) is 64.7 Å². The van der Waals surface area contributed by atoms with E-state index in [9.17, 15) is 4.79 Å². The van der Waals surface area contributed by atoms with E-state index in [1.54, 1.807) is 0 Å². The van der Waals surface area contributed by atoms with Crippen LogP contribution in [0.2, 0.25) is 5.02 Å². The maximum Gasteiger partial charge on any atom is 0.261 e. The molecule has 0 spiro atoms. The Morgan fingerprint density at radius 3 is 2.22 bits per heavy atom. The zero-order chi connectivity index (χ0) is 16.7. The average Bonchev–Trinajstić information content (AvgIpc) is 2.59. The molecule has 1 atom stereocenters. The summed E-state index contributed by atoms with van der Waals surface area (Å²) < 4.78 is 5.80. The van der Waals surface area contributed by atoms with Gasteiger partial charge in [-0.1, -0.05) is 49.7 Å². The molecule has 0 aliphatic rings. The minimum atomic E-state index is -0.491. The Balaban J connectivity index is 1.90. The van der Waals surface area contributed by atoms with E-state index in [1.165, 1.54) is 5.56 Å². The lowest BCUT2D eigenvalue weighted by molar-refractivity contribution is -0.128. The van der Waals surface area contributed by atoms with Crippen molar-refractivity contribution in [3.8, 4) is 5.75 Å². The fraction of sp³-hybridized carbons (Fsp3) is 0.316. The van der Waals surface area contributed by atoms with Gasteiger partial charge in [-0.2, -0.15) is 0 Å². The first kappa shape index (κ1) is 17.4. The Kier molecular flexibility index (Phi) is 6.48. The van der Waals surface area contributed by atoms with Crippen LogP contribution in [0.1, 0.15) is 31.4 Å². The molecule has 0 saturated carbocycles. The number of amides is 1. The van der Waals surface area contributed by atoms with Crippen LogP contribution in [0.25, 0.3) is 0 Å². The first-order valence-electron chi connectivity index (χ1n) is 7.90. The fourth-order valence-corrected chi connectivity index (χ4v) is 2.32. The summed E-state index contributed by atoms with van der Waals surface area (Å²) in [6, 6.07) is 15.3. The van der Waals surface area contributed by atoms with Gasteiger partial charge in [-0.05, 0) is 48.2 Å². The molecule has 0 fully saturated rings. The SMILES string of the molecule is CCc1ccc(O[C@H](CC)C(=O)NCc2ccc(Cl)cc2)cc1. The molecule has 4 heteroatoms. The zero-order valence-electron chi connectivity index (χ0n) is 13.5. The van der Waals surface area contributed by atoms with Crippen molar-refractivity contribution < 1.29 is 9.53 Å². The molecule has 1 N–H and O–H groups in total. The van der Waals surface area contributed by atoms with Gasteiger partial charge in [0.1, 0.15) is 5.75 Å². The predicted molar refractivity (Wildman–Crippen MR) is 93.8 cm³/mol. The van der Waals surface area contributed by atoms with Crippen LogP contribution in [0.3, 0.4) is 0 Å². The van der Waals surface area contributed by atoms with Crippen molar-refractivity contribution in [2.45, 2.75) is 39.3 Å². The van der Waals surface area contributed by atoms with Crippen LogP contribution >= 0.6 is 11.6 Å². The monoisotopic (exact) mass is 331 g/mol. The molecular formula is C19H22ClNO2. The Bertz CT molecular complexity index is 623. The van der Waals surface area contributed by atoms with Crippen LogP contribution in [0.5, 0.6) is 5.75 Å². The summed E-state index contributed by atoms with van der Waals surface area (Å²) in [5, 5.41) is 3.59. The third-order valence-corrected chi connectivity index (χ3v) is 3.91. The van der Waals surface area contributed by atoms with Crippen LogP contribution in [-0.2, 0) is 17.8 Å². The molecule has 0 heterocycles. The Morgan fingerprint density at radius 1 is 1.04 bits per heavy atom. The summed E-state index contributed by atoms with van der Waals surface area (Å²) in [7, 11) is 0. The molecule has 0 aliphatic heterocycles. The van der Waals surface area contributed by atoms with Crippen molar-refractivity contribution in [1.82, 2.24) is 5.32 Å². The minimum Gasteiger partial charge on any atom is -0.481 e. The van der Waals surface area contributed by atoms with E-state index in [-0.39, 0.29) is 5.91 Å². The molecule has 3 nitrogen and oxygen atoms in total. The van der Waals surface area contributed by atoms with Crippen LogP contribution in [-0.4, -0.2) is 12.0 Å². The van der Waals surface area contributed by atoms with Crippen molar-refractivity contribution in [3.63, 3.8) is 0 Å². The molecule has 2 aromatic carbocycles. The van der Waals surface area contributed by atoms with Crippen LogP contribution in [0.4, 0.5) is 0 Å². The lowest BCUT2D eigenvalue weighted by Gasteiger charge is -2.17. The number of aryl methyl sites for hydroxylation is 1. The third-order valence-electron chi connectivity index (χ3n) is 3.65. The van der Waals surface area contributed by atoms with Gasteiger partial charge in [-0.15, -0.1) is 0 Å². The van der Waals surface area contributed by atoms with Crippen molar-refractivity contribution >= 4 is 17.5 Å². The quantitative estimate of drug-likeness (QED) is 0.817. The Labute approximate surface area is 142 Å². The highest BCUT2D eigenvalue weighted by Crippen LogP contribution is 2.16. The number of hydrogen-bond donors (Lipinski definition) is 1. The van der Waals surface area contributed by atoms with E-state index in [0.29, 0.717) is 18.0 Å². The highest BCUT2D eigenvalue weighted by Gasteiger charge is 2.17. The van der Waals surface area contributed by atoms with Gasteiger partial charge in [-0.25, -0.2) is 0 Å². The summed E-state index contributed by atoms with van der Waals surface area (Å²) in [6.07, 6.45) is 1.11. The largest absolute Gasteiger partial charge is 0.481 e. The van der Waals surface area contributed by atoms with E-state index in [1.807, 2.05) is 55.5 Å². The molecule has 1 amide bonds. The van der Waals surface area contributed by atoms with E-state index >= 15 is 0 Å². The molecule has 2 aromatic rings. The van der Waals surface area contributed by atoms with E-state index in [2.05, 4.69) is 12.2 Å². The number of ether oxygens (including phenoxy) is 1. The maximum absolute atomic E-state index is 12.3. The Hall–Kier alpha value is -2.00. The second-order valence-corrected chi connectivity index (χ2v) is 5.79. The first-order valence-corrected chi connectivity index (χ1v) is 8.28. The minimum absolute atomic E-state index is 0.109. The molecule has 0 radical (unpaired) electrons. The van der Waals surface area contributed by atoms with Crippen LogP contribution in [0.15, 0.2) is 48.5 Å². The van der Waals surface area contributed by atoms with Gasteiger partial charge in [0.15, 0.2) is 6.10 Å². The molecule has 0 unspecified atom stereocenters.